The highest BCUT2D eigenvalue weighted by atomic mass is 32.1. The molecule has 2 aromatic rings. The van der Waals surface area contributed by atoms with Gasteiger partial charge < -0.3 is 4.89 Å². The number of thiophene rings is 1. The van der Waals surface area contributed by atoms with Crippen molar-refractivity contribution in [2.24, 2.45) is 0 Å². The molecule has 2 rings (SSSR count). The first-order valence-electron chi connectivity index (χ1n) is 5.10. The average Bonchev–Trinajstić information content (AvgIpc) is 2.78. The SMILES string of the molecule is CC=c1sc2ccc(OO)cc2c1=C(C#N)C#N. The molecule has 0 fully saturated rings. The normalized spacial score (nSPS) is 11.0. The molecule has 0 atom stereocenters. The van der Waals surface area contributed by atoms with Gasteiger partial charge in [-0.3, -0.25) is 0 Å². The number of hydrogen-bond acceptors (Lipinski definition) is 5. The van der Waals surface area contributed by atoms with Gasteiger partial charge in [-0.15, -0.1) is 11.3 Å². The quantitative estimate of drug-likeness (QED) is 0.623. The van der Waals surface area contributed by atoms with Gasteiger partial charge in [-0.2, -0.15) is 10.5 Å². The fourth-order valence-electron chi connectivity index (χ4n) is 1.75. The zero-order chi connectivity index (χ0) is 13.1. The molecule has 0 aliphatic carbocycles. The Hall–Kier alpha value is -2.34. The highest BCUT2D eigenvalue weighted by Gasteiger charge is 2.07. The van der Waals surface area contributed by atoms with Crippen molar-refractivity contribution in [2.45, 2.75) is 6.92 Å². The molecule has 0 saturated carbocycles. The molecule has 0 unspecified atom stereocenters. The number of nitriles is 2. The highest BCUT2D eigenvalue weighted by molar-refractivity contribution is 7.17. The van der Waals surface area contributed by atoms with Crippen LogP contribution >= 0.6 is 11.3 Å². The van der Waals surface area contributed by atoms with Crippen LogP contribution in [0, 0.1) is 22.7 Å². The summed E-state index contributed by atoms with van der Waals surface area (Å²) in [6.07, 6.45) is 1.86. The summed E-state index contributed by atoms with van der Waals surface area (Å²) in [5, 5.41) is 28.0. The van der Waals surface area contributed by atoms with Gasteiger partial charge in [-0.25, -0.2) is 5.26 Å². The van der Waals surface area contributed by atoms with Crippen molar-refractivity contribution in [3.63, 3.8) is 0 Å². The summed E-state index contributed by atoms with van der Waals surface area (Å²) in [6, 6.07) is 8.82. The number of fused-ring (bicyclic) bond motifs is 1. The van der Waals surface area contributed by atoms with Gasteiger partial charge in [-0.05, 0) is 25.1 Å². The van der Waals surface area contributed by atoms with Crippen LogP contribution in [0.5, 0.6) is 5.75 Å². The first-order chi connectivity index (χ1) is 8.74. The minimum Gasteiger partial charge on any atom is -0.340 e. The van der Waals surface area contributed by atoms with Gasteiger partial charge in [0.2, 0.25) is 0 Å². The minimum atomic E-state index is 0.0597. The standard InChI is InChI=1S/C13H8N2O2S/c1-2-11-13(8(6-14)7-15)10-5-9(17-16)3-4-12(10)18-11/h2-5,16H,1H3. The van der Waals surface area contributed by atoms with Gasteiger partial charge >= 0.3 is 0 Å². The molecule has 1 aromatic heterocycles. The second-order valence-electron chi connectivity index (χ2n) is 3.48. The summed E-state index contributed by atoms with van der Waals surface area (Å²) < 4.78 is 1.79. The van der Waals surface area contributed by atoms with E-state index in [9.17, 15) is 0 Å². The van der Waals surface area contributed by atoms with E-state index in [0.29, 0.717) is 5.22 Å². The van der Waals surface area contributed by atoms with Crippen LogP contribution in [-0.4, -0.2) is 5.26 Å². The molecule has 0 spiro atoms. The lowest BCUT2D eigenvalue weighted by Crippen LogP contribution is -2.20. The maximum Gasteiger partial charge on any atom is 0.165 e. The van der Waals surface area contributed by atoms with E-state index in [2.05, 4.69) is 4.89 Å². The van der Waals surface area contributed by atoms with Crippen LogP contribution in [0.1, 0.15) is 6.92 Å². The zero-order valence-electron chi connectivity index (χ0n) is 9.47. The summed E-state index contributed by atoms with van der Waals surface area (Å²) >= 11 is 1.49. The van der Waals surface area contributed by atoms with Gasteiger partial charge in [-0.1, -0.05) is 6.08 Å². The van der Waals surface area contributed by atoms with Crippen LogP contribution in [0.4, 0.5) is 0 Å². The third kappa shape index (κ3) is 1.82. The van der Waals surface area contributed by atoms with Gasteiger partial charge in [0.15, 0.2) is 5.75 Å². The number of nitrogens with zero attached hydrogens (tertiary/aromatic N) is 2. The fraction of sp³-hybridized carbons (Fsp3) is 0.0769. The number of benzene rings is 1. The van der Waals surface area contributed by atoms with E-state index < -0.39 is 0 Å². The van der Waals surface area contributed by atoms with Gasteiger partial charge in [0.05, 0.1) is 0 Å². The van der Waals surface area contributed by atoms with Crippen molar-refractivity contribution in [3.8, 4) is 17.9 Å². The molecule has 4 nitrogen and oxygen atoms in total. The topological polar surface area (TPSA) is 77.0 Å². The fourth-order valence-corrected chi connectivity index (χ4v) is 2.83. The summed E-state index contributed by atoms with van der Waals surface area (Å²) in [5.74, 6) is 0.277. The summed E-state index contributed by atoms with van der Waals surface area (Å²) in [4.78, 5) is 4.19. The van der Waals surface area contributed by atoms with Crippen LogP contribution in [0.15, 0.2) is 18.2 Å². The first-order valence-corrected chi connectivity index (χ1v) is 5.91. The van der Waals surface area contributed by atoms with E-state index in [1.807, 2.05) is 25.1 Å². The maximum atomic E-state index is 9.00. The van der Waals surface area contributed by atoms with Crippen LogP contribution in [0.3, 0.4) is 0 Å². The molecule has 0 amide bonds. The van der Waals surface area contributed by atoms with Crippen molar-refractivity contribution in [3.05, 3.63) is 28.0 Å². The summed E-state index contributed by atoms with van der Waals surface area (Å²) in [7, 11) is 0. The molecule has 1 aromatic carbocycles. The van der Waals surface area contributed by atoms with Gasteiger partial charge in [0, 0.05) is 19.8 Å². The molecule has 88 valence electrons. The zero-order valence-corrected chi connectivity index (χ0v) is 10.3. The molecule has 5 heteroatoms. The molecular weight excluding hydrogens is 248 g/mol. The largest absolute Gasteiger partial charge is 0.340 e. The Labute approximate surface area is 107 Å². The smallest absolute Gasteiger partial charge is 0.165 e. The highest BCUT2D eigenvalue weighted by Crippen LogP contribution is 2.20. The molecule has 0 aliphatic heterocycles. The second-order valence-corrected chi connectivity index (χ2v) is 4.56. The van der Waals surface area contributed by atoms with E-state index in [-0.39, 0.29) is 11.3 Å². The Morgan fingerprint density at radius 3 is 2.67 bits per heavy atom. The predicted molar refractivity (Wildman–Crippen MR) is 69.1 cm³/mol. The monoisotopic (exact) mass is 256 g/mol. The molecular formula is C13H8N2O2S. The third-order valence-corrected chi connectivity index (χ3v) is 3.76. The molecule has 0 saturated heterocycles. The molecule has 1 heterocycles. The Morgan fingerprint density at radius 1 is 1.39 bits per heavy atom. The lowest BCUT2D eigenvalue weighted by Gasteiger charge is -1.95. The molecule has 0 aliphatic rings. The van der Waals surface area contributed by atoms with Crippen molar-refractivity contribution >= 4 is 33.1 Å². The number of hydrogen-bond donors (Lipinski definition) is 1. The summed E-state index contributed by atoms with van der Waals surface area (Å²) in [5.41, 5.74) is 0.0597. The van der Waals surface area contributed by atoms with Crippen LogP contribution in [0.25, 0.3) is 21.7 Å². The third-order valence-electron chi connectivity index (χ3n) is 2.53. The van der Waals surface area contributed by atoms with Gasteiger partial charge in [0.1, 0.15) is 17.7 Å². The van der Waals surface area contributed by atoms with Crippen molar-refractivity contribution in [1.82, 2.24) is 0 Å². The average molecular weight is 256 g/mol. The Kier molecular flexibility index (Phi) is 3.29. The van der Waals surface area contributed by atoms with Crippen LogP contribution in [0.2, 0.25) is 0 Å². The first kappa shape index (κ1) is 12.1. The van der Waals surface area contributed by atoms with Crippen molar-refractivity contribution < 1.29 is 10.1 Å². The van der Waals surface area contributed by atoms with Crippen LogP contribution in [-0.2, 0) is 0 Å². The minimum absolute atomic E-state index is 0.0597. The Balaban J connectivity index is 3.09. The lowest BCUT2D eigenvalue weighted by molar-refractivity contribution is -0.137. The molecule has 1 N–H and O–H groups in total. The van der Waals surface area contributed by atoms with E-state index in [0.717, 1.165) is 14.6 Å². The number of rotatable bonds is 1. The van der Waals surface area contributed by atoms with E-state index in [1.165, 1.54) is 11.3 Å². The maximum absolute atomic E-state index is 9.00. The lowest BCUT2D eigenvalue weighted by atomic mass is 10.1. The second kappa shape index (κ2) is 4.89. The van der Waals surface area contributed by atoms with E-state index in [1.54, 1.807) is 18.2 Å². The van der Waals surface area contributed by atoms with Crippen LogP contribution < -0.4 is 14.6 Å². The van der Waals surface area contributed by atoms with E-state index in [4.69, 9.17) is 15.8 Å². The molecule has 0 bridgehead atoms. The molecule has 0 radical (unpaired) electrons. The Morgan fingerprint density at radius 2 is 2.11 bits per heavy atom. The molecule has 18 heavy (non-hydrogen) atoms. The Bertz CT molecular complexity index is 790. The van der Waals surface area contributed by atoms with E-state index >= 15 is 0 Å². The van der Waals surface area contributed by atoms with Crippen molar-refractivity contribution in [2.75, 3.05) is 0 Å². The predicted octanol–water partition coefficient (Wildman–Crippen LogP) is 1.75. The van der Waals surface area contributed by atoms with Crippen molar-refractivity contribution in [1.29, 1.82) is 10.5 Å². The summed E-state index contributed by atoms with van der Waals surface area (Å²) in [6.45, 7) is 1.85. The van der Waals surface area contributed by atoms with Gasteiger partial charge in [0.25, 0.3) is 0 Å².